The molecule has 132 valence electrons. The first-order chi connectivity index (χ1) is 11.9. The zero-order chi connectivity index (χ0) is 18.0. The van der Waals surface area contributed by atoms with Crippen molar-refractivity contribution < 1.29 is 4.74 Å². The number of hydrogen-bond donors (Lipinski definition) is 0. The van der Waals surface area contributed by atoms with E-state index in [1.165, 1.54) is 5.56 Å². The van der Waals surface area contributed by atoms with Crippen LogP contribution in [-0.2, 0) is 6.54 Å². The maximum atomic E-state index is 6.48. The van der Waals surface area contributed by atoms with E-state index in [0.717, 1.165) is 27.7 Å². The van der Waals surface area contributed by atoms with Gasteiger partial charge in [-0.3, -0.25) is 0 Å². The summed E-state index contributed by atoms with van der Waals surface area (Å²) in [6.45, 7) is 2.16. The number of ether oxygens (including phenoxy) is 1. The molecule has 2 aromatic carbocycles. The Balaban J connectivity index is 1.98. The second kappa shape index (κ2) is 8.00. The van der Waals surface area contributed by atoms with Gasteiger partial charge in [-0.1, -0.05) is 51.3 Å². The van der Waals surface area contributed by atoms with Gasteiger partial charge in [-0.25, -0.2) is 0 Å². The topological polar surface area (TPSA) is 17.4 Å². The van der Waals surface area contributed by atoms with Gasteiger partial charge < -0.3 is 14.2 Å². The van der Waals surface area contributed by atoms with Gasteiger partial charge in [0, 0.05) is 34.2 Å². The van der Waals surface area contributed by atoms with Crippen LogP contribution in [0.4, 0.5) is 0 Å². The van der Waals surface area contributed by atoms with Crippen molar-refractivity contribution in [2.24, 2.45) is 0 Å². The third-order valence-electron chi connectivity index (χ3n) is 3.92. The minimum absolute atomic E-state index is 0.606. The fourth-order valence-corrected chi connectivity index (χ4v) is 3.55. The van der Waals surface area contributed by atoms with Gasteiger partial charge in [-0.15, -0.1) is 0 Å². The Morgan fingerprint density at radius 3 is 2.52 bits per heavy atom. The van der Waals surface area contributed by atoms with Crippen LogP contribution in [0.1, 0.15) is 5.56 Å². The summed E-state index contributed by atoms with van der Waals surface area (Å²) in [4.78, 5) is 2.08. The molecule has 3 nitrogen and oxygen atoms in total. The first-order valence-electron chi connectivity index (χ1n) is 7.94. The van der Waals surface area contributed by atoms with Crippen LogP contribution in [0.3, 0.4) is 0 Å². The van der Waals surface area contributed by atoms with Crippen LogP contribution < -0.4 is 4.74 Å². The van der Waals surface area contributed by atoms with Crippen molar-refractivity contribution in [2.45, 2.75) is 6.54 Å². The largest absolute Gasteiger partial charge is 0.490 e. The molecule has 1 aromatic heterocycles. The van der Waals surface area contributed by atoms with Crippen molar-refractivity contribution in [3.8, 4) is 5.75 Å². The van der Waals surface area contributed by atoms with Crippen LogP contribution in [0.5, 0.6) is 5.75 Å². The number of benzene rings is 2. The van der Waals surface area contributed by atoms with Gasteiger partial charge in [0.2, 0.25) is 0 Å². The first kappa shape index (κ1) is 18.6. The quantitative estimate of drug-likeness (QED) is 0.488. The lowest BCUT2D eigenvalue weighted by Gasteiger charge is -2.10. The molecule has 6 heteroatoms. The molecule has 0 unspecified atom stereocenters. The van der Waals surface area contributed by atoms with E-state index in [2.05, 4.69) is 37.5 Å². The third kappa shape index (κ3) is 4.50. The average Bonchev–Trinajstić information content (AvgIpc) is 2.87. The molecule has 0 saturated carbocycles. The predicted molar refractivity (Wildman–Crippen MR) is 109 cm³/mol. The molecular formula is C19H19BrCl2N2O. The Labute approximate surface area is 166 Å². The number of fused-ring (bicyclic) bond motifs is 1. The molecule has 3 rings (SSSR count). The van der Waals surface area contributed by atoms with Gasteiger partial charge in [0.1, 0.15) is 12.4 Å². The highest BCUT2D eigenvalue weighted by Crippen LogP contribution is 2.36. The van der Waals surface area contributed by atoms with Gasteiger partial charge in [0.05, 0.1) is 10.5 Å². The monoisotopic (exact) mass is 440 g/mol. The molecular weight excluding hydrogens is 423 g/mol. The highest BCUT2D eigenvalue weighted by molar-refractivity contribution is 9.10. The molecule has 0 radical (unpaired) electrons. The van der Waals surface area contributed by atoms with Crippen molar-refractivity contribution in [2.75, 3.05) is 27.2 Å². The van der Waals surface area contributed by atoms with Crippen molar-refractivity contribution in [3.05, 3.63) is 62.7 Å². The van der Waals surface area contributed by atoms with E-state index in [1.54, 1.807) is 6.07 Å². The lowest BCUT2D eigenvalue weighted by Crippen LogP contribution is -2.19. The Morgan fingerprint density at radius 1 is 1.12 bits per heavy atom. The van der Waals surface area contributed by atoms with E-state index in [9.17, 15) is 0 Å². The first-order valence-corrected chi connectivity index (χ1v) is 9.49. The molecule has 0 fully saturated rings. The summed E-state index contributed by atoms with van der Waals surface area (Å²) < 4.78 is 9.16. The summed E-state index contributed by atoms with van der Waals surface area (Å²) in [6.07, 6.45) is 2.00. The van der Waals surface area contributed by atoms with Crippen LogP contribution in [-0.4, -0.2) is 36.7 Å². The number of likely N-dealkylation sites (N-methyl/N-ethyl adjacent to an activating group) is 1. The molecule has 0 aliphatic carbocycles. The summed E-state index contributed by atoms with van der Waals surface area (Å²) in [7, 11) is 4.04. The Morgan fingerprint density at radius 2 is 1.84 bits per heavy atom. The number of hydrogen-bond acceptors (Lipinski definition) is 2. The zero-order valence-electron chi connectivity index (χ0n) is 14.1. The molecule has 0 N–H and O–H groups in total. The number of rotatable bonds is 6. The number of nitrogens with zero attached hydrogens (tertiary/aromatic N) is 2. The molecule has 0 amide bonds. The Kier molecular flexibility index (Phi) is 5.95. The van der Waals surface area contributed by atoms with E-state index in [-0.39, 0.29) is 0 Å². The van der Waals surface area contributed by atoms with Gasteiger partial charge >= 0.3 is 0 Å². The minimum Gasteiger partial charge on any atom is -0.490 e. The summed E-state index contributed by atoms with van der Waals surface area (Å²) >= 11 is 16.2. The second-order valence-electron chi connectivity index (χ2n) is 6.18. The molecule has 1 heterocycles. The van der Waals surface area contributed by atoms with E-state index >= 15 is 0 Å². The van der Waals surface area contributed by atoms with Gasteiger partial charge in [0.15, 0.2) is 0 Å². The summed E-state index contributed by atoms with van der Waals surface area (Å²) in [5, 5.41) is 2.17. The van der Waals surface area contributed by atoms with Crippen molar-refractivity contribution in [1.29, 1.82) is 0 Å². The SMILES string of the molecule is CN(C)CCOc1cn(Cc2ccc(Br)cc2)c2c(Cl)cc(Cl)cc12. The van der Waals surface area contributed by atoms with Crippen molar-refractivity contribution in [1.82, 2.24) is 9.47 Å². The fourth-order valence-electron chi connectivity index (χ4n) is 2.69. The van der Waals surface area contributed by atoms with Crippen molar-refractivity contribution in [3.63, 3.8) is 0 Å². The molecule has 0 spiro atoms. The average molecular weight is 442 g/mol. The zero-order valence-corrected chi connectivity index (χ0v) is 17.2. The molecule has 0 bridgehead atoms. The third-order valence-corrected chi connectivity index (χ3v) is 4.95. The lowest BCUT2D eigenvalue weighted by molar-refractivity contribution is 0.263. The standard InChI is InChI=1S/C19H19BrCl2N2O/c1-23(2)7-8-25-18-12-24(11-13-3-5-14(20)6-4-13)19-16(18)9-15(21)10-17(19)22/h3-6,9-10,12H,7-8,11H2,1-2H3. The summed E-state index contributed by atoms with van der Waals surface area (Å²) in [5.74, 6) is 0.804. The van der Waals surface area contributed by atoms with E-state index in [1.807, 2.05) is 38.5 Å². The predicted octanol–water partition coefficient (Wildman–Crippen LogP) is 5.70. The molecule has 3 aromatic rings. The highest BCUT2D eigenvalue weighted by Gasteiger charge is 2.14. The van der Waals surface area contributed by atoms with Crippen LogP contribution in [0.25, 0.3) is 10.9 Å². The molecule has 0 aliphatic rings. The van der Waals surface area contributed by atoms with Gasteiger partial charge in [0.25, 0.3) is 0 Å². The maximum Gasteiger partial charge on any atom is 0.144 e. The summed E-state index contributed by atoms with van der Waals surface area (Å²) in [5.41, 5.74) is 2.12. The summed E-state index contributed by atoms with van der Waals surface area (Å²) in [6, 6.07) is 11.9. The number of halogens is 3. The van der Waals surface area contributed by atoms with Gasteiger partial charge in [-0.2, -0.15) is 0 Å². The Bertz CT molecular complexity index is 875. The molecule has 0 atom stereocenters. The Hall–Kier alpha value is -1.20. The van der Waals surface area contributed by atoms with Gasteiger partial charge in [-0.05, 0) is 43.9 Å². The number of aromatic nitrogens is 1. The van der Waals surface area contributed by atoms with E-state index in [0.29, 0.717) is 23.2 Å². The fraction of sp³-hybridized carbons (Fsp3) is 0.263. The van der Waals surface area contributed by atoms with E-state index in [4.69, 9.17) is 27.9 Å². The molecule has 0 saturated heterocycles. The van der Waals surface area contributed by atoms with E-state index < -0.39 is 0 Å². The smallest absolute Gasteiger partial charge is 0.144 e. The molecule has 25 heavy (non-hydrogen) atoms. The highest BCUT2D eigenvalue weighted by atomic mass is 79.9. The lowest BCUT2D eigenvalue weighted by atomic mass is 10.2. The van der Waals surface area contributed by atoms with Crippen LogP contribution in [0.15, 0.2) is 47.1 Å². The van der Waals surface area contributed by atoms with Crippen LogP contribution in [0, 0.1) is 0 Å². The van der Waals surface area contributed by atoms with Crippen LogP contribution in [0.2, 0.25) is 10.0 Å². The minimum atomic E-state index is 0.606. The second-order valence-corrected chi connectivity index (χ2v) is 7.94. The maximum absolute atomic E-state index is 6.48. The normalized spacial score (nSPS) is 11.4. The molecule has 0 aliphatic heterocycles. The van der Waals surface area contributed by atoms with Crippen LogP contribution >= 0.6 is 39.1 Å². The van der Waals surface area contributed by atoms with Crippen molar-refractivity contribution >= 4 is 50.0 Å².